The molecule has 6 heteroatoms. The summed E-state index contributed by atoms with van der Waals surface area (Å²) in [7, 11) is 0. The monoisotopic (exact) mass is 239 g/mol. The molecule has 2 aromatic rings. The molecule has 0 aliphatic rings. The van der Waals surface area contributed by atoms with Crippen molar-refractivity contribution in [3.63, 3.8) is 0 Å². The minimum absolute atomic E-state index is 0.121. The average molecular weight is 240 g/mol. The number of hydrogen-bond donors (Lipinski definition) is 1. The zero-order chi connectivity index (χ0) is 11.4. The Morgan fingerprint density at radius 3 is 2.69 bits per heavy atom. The van der Waals surface area contributed by atoms with Gasteiger partial charge in [-0.3, -0.25) is 0 Å². The van der Waals surface area contributed by atoms with E-state index in [2.05, 4.69) is 9.97 Å². The van der Waals surface area contributed by atoms with E-state index in [4.69, 9.17) is 16.3 Å². The third-order valence-corrected chi connectivity index (χ3v) is 2.08. The van der Waals surface area contributed by atoms with Crippen molar-refractivity contribution in [3.05, 3.63) is 41.8 Å². The van der Waals surface area contributed by atoms with E-state index in [1.165, 1.54) is 24.0 Å². The molecular formula is C10H7ClFN3O. The Labute approximate surface area is 96.0 Å². The van der Waals surface area contributed by atoms with Crippen LogP contribution in [0.15, 0.2) is 36.7 Å². The van der Waals surface area contributed by atoms with Gasteiger partial charge in [-0.05, 0) is 12.1 Å². The number of nitrogens with one attached hydrogen (secondary N) is 1. The molecule has 82 valence electrons. The van der Waals surface area contributed by atoms with Gasteiger partial charge in [-0.2, -0.15) is 0 Å². The number of benzene rings is 1. The van der Waals surface area contributed by atoms with Gasteiger partial charge in [0, 0.05) is 12.4 Å². The van der Waals surface area contributed by atoms with Crippen LogP contribution in [0.5, 0.6) is 11.6 Å². The van der Waals surface area contributed by atoms with Crippen LogP contribution in [0.4, 0.5) is 10.2 Å². The number of halogens is 2. The van der Waals surface area contributed by atoms with Crippen molar-refractivity contribution >= 4 is 17.3 Å². The van der Waals surface area contributed by atoms with Crippen LogP contribution < -0.4 is 10.3 Å². The van der Waals surface area contributed by atoms with Gasteiger partial charge in [0.1, 0.15) is 5.69 Å². The largest absolute Gasteiger partial charge is 0.434 e. The molecule has 0 bridgehead atoms. The van der Waals surface area contributed by atoms with Crippen molar-refractivity contribution in [2.45, 2.75) is 0 Å². The summed E-state index contributed by atoms with van der Waals surface area (Å²) in [6, 6.07) is 6.50. The van der Waals surface area contributed by atoms with E-state index in [-0.39, 0.29) is 22.5 Å². The smallest absolute Gasteiger partial charge is 0.257 e. The van der Waals surface area contributed by atoms with Gasteiger partial charge < -0.3 is 4.74 Å². The van der Waals surface area contributed by atoms with Crippen LogP contribution in [-0.2, 0) is 0 Å². The zero-order valence-corrected chi connectivity index (χ0v) is 8.78. The van der Waals surface area contributed by atoms with E-state index in [0.717, 1.165) is 0 Å². The van der Waals surface area contributed by atoms with Crippen molar-refractivity contribution in [1.82, 2.24) is 9.97 Å². The maximum Gasteiger partial charge on any atom is 0.257 e. The van der Waals surface area contributed by atoms with Gasteiger partial charge >= 0.3 is 0 Å². The lowest BCUT2D eigenvalue weighted by molar-refractivity contribution is 0.458. The summed E-state index contributed by atoms with van der Waals surface area (Å²) in [5.74, 6) is 0.416. The first-order chi connectivity index (χ1) is 7.81. The summed E-state index contributed by atoms with van der Waals surface area (Å²) in [5, 5.41) is 0.121. The highest BCUT2D eigenvalue weighted by Crippen LogP contribution is 2.30. The maximum atomic E-state index is 12.4. The Bertz CT molecular complexity index is 495. The Morgan fingerprint density at radius 1 is 1.19 bits per heavy atom. The second-order valence-corrected chi connectivity index (χ2v) is 3.20. The average Bonchev–Trinajstić information content (AvgIpc) is 2.33. The number of rotatable bonds is 3. The molecule has 0 spiro atoms. The molecule has 4 nitrogen and oxygen atoms in total. The first-order valence-corrected chi connectivity index (χ1v) is 4.79. The molecule has 2 rings (SSSR count). The van der Waals surface area contributed by atoms with Gasteiger partial charge in [-0.15, -0.1) is 4.48 Å². The number of para-hydroxylation sites is 2. The van der Waals surface area contributed by atoms with Crippen LogP contribution >= 0.6 is 11.6 Å². The predicted molar refractivity (Wildman–Crippen MR) is 58.3 cm³/mol. The summed E-state index contributed by atoms with van der Waals surface area (Å²) in [6.45, 7) is 0. The van der Waals surface area contributed by atoms with Gasteiger partial charge in [0.15, 0.2) is 10.9 Å². The third-order valence-electron chi connectivity index (χ3n) is 1.82. The lowest BCUT2D eigenvalue weighted by Gasteiger charge is -2.08. The van der Waals surface area contributed by atoms with E-state index in [1.54, 1.807) is 18.2 Å². The van der Waals surface area contributed by atoms with E-state index < -0.39 is 0 Å². The highest BCUT2D eigenvalue weighted by atomic mass is 35.5. The molecular weight excluding hydrogens is 233 g/mol. The Kier molecular flexibility index (Phi) is 3.16. The minimum Gasteiger partial charge on any atom is -0.434 e. The van der Waals surface area contributed by atoms with Crippen LogP contribution in [0.2, 0.25) is 5.15 Å². The molecule has 1 aromatic heterocycles. The van der Waals surface area contributed by atoms with Crippen LogP contribution in [0.3, 0.4) is 0 Å². The first-order valence-electron chi connectivity index (χ1n) is 4.41. The number of nitrogens with zero attached hydrogens (tertiary/aromatic N) is 2. The summed E-state index contributed by atoms with van der Waals surface area (Å²) in [4.78, 5) is 7.68. The van der Waals surface area contributed by atoms with Crippen molar-refractivity contribution < 1.29 is 9.22 Å². The fraction of sp³-hybridized carbons (Fsp3) is 0. The lowest BCUT2D eigenvalue weighted by atomic mass is 10.3. The molecule has 0 saturated heterocycles. The van der Waals surface area contributed by atoms with Crippen molar-refractivity contribution in [2.75, 3.05) is 5.54 Å². The van der Waals surface area contributed by atoms with Crippen molar-refractivity contribution in [3.8, 4) is 11.6 Å². The van der Waals surface area contributed by atoms with Crippen LogP contribution in [-0.4, -0.2) is 9.97 Å². The van der Waals surface area contributed by atoms with Gasteiger partial charge in [0.05, 0.1) is 0 Å². The van der Waals surface area contributed by atoms with Crippen LogP contribution in [0, 0.1) is 0 Å². The standard InChI is InChI=1S/C10H7ClFN3O/c11-9-10(14-6-5-13-9)16-8-4-2-1-3-7(8)15-12/h1-6,15H. The Hall–Kier alpha value is -1.88. The van der Waals surface area contributed by atoms with Crippen molar-refractivity contribution in [1.29, 1.82) is 0 Å². The fourth-order valence-electron chi connectivity index (χ4n) is 1.11. The second kappa shape index (κ2) is 4.76. The highest BCUT2D eigenvalue weighted by Gasteiger charge is 2.08. The topological polar surface area (TPSA) is 47.0 Å². The molecule has 0 unspecified atom stereocenters. The highest BCUT2D eigenvalue weighted by molar-refractivity contribution is 6.30. The molecule has 0 aliphatic carbocycles. The van der Waals surface area contributed by atoms with Gasteiger partial charge in [0.2, 0.25) is 0 Å². The summed E-state index contributed by atoms with van der Waals surface area (Å²) >= 11 is 5.76. The molecule has 1 N–H and O–H groups in total. The van der Waals surface area contributed by atoms with Crippen molar-refractivity contribution in [2.24, 2.45) is 0 Å². The third kappa shape index (κ3) is 2.20. The molecule has 1 aromatic carbocycles. The molecule has 0 amide bonds. The maximum absolute atomic E-state index is 12.4. The molecule has 0 saturated carbocycles. The molecule has 0 radical (unpaired) electrons. The number of aromatic nitrogens is 2. The Balaban J connectivity index is 2.30. The molecule has 0 aliphatic heterocycles. The van der Waals surface area contributed by atoms with Crippen LogP contribution in [0.1, 0.15) is 0 Å². The van der Waals surface area contributed by atoms with E-state index in [0.29, 0.717) is 0 Å². The van der Waals surface area contributed by atoms with Gasteiger partial charge in [0.25, 0.3) is 5.88 Å². The molecule has 0 atom stereocenters. The molecule has 0 fully saturated rings. The summed E-state index contributed by atoms with van der Waals surface area (Å²) in [5.41, 5.74) is 1.72. The molecule has 1 heterocycles. The normalized spacial score (nSPS) is 9.88. The Morgan fingerprint density at radius 2 is 1.94 bits per heavy atom. The number of anilines is 1. The number of hydrogen-bond acceptors (Lipinski definition) is 4. The van der Waals surface area contributed by atoms with E-state index >= 15 is 0 Å². The quantitative estimate of drug-likeness (QED) is 0.836. The summed E-state index contributed by atoms with van der Waals surface area (Å²) in [6.07, 6.45) is 2.88. The summed E-state index contributed by atoms with van der Waals surface area (Å²) < 4.78 is 17.7. The lowest BCUT2D eigenvalue weighted by Crippen LogP contribution is -1.93. The van der Waals surface area contributed by atoms with E-state index in [9.17, 15) is 4.48 Å². The fourth-order valence-corrected chi connectivity index (χ4v) is 1.26. The van der Waals surface area contributed by atoms with Gasteiger partial charge in [-0.1, -0.05) is 23.7 Å². The predicted octanol–water partition coefficient (Wildman–Crippen LogP) is 3.22. The first kappa shape index (κ1) is 10.6. The second-order valence-electron chi connectivity index (χ2n) is 2.85. The minimum atomic E-state index is 0.121. The molecule has 16 heavy (non-hydrogen) atoms. The van der Waals surface area contributed by atoms with Gasteiger partial charge in [-0.25, -0.2) is 15.5 Å². The van der Waals surface area contributed by atoms with Crippen LogP contribution in [0.25, 0.3) is 0 Å². The van der Waals surface area contributed by atoms with E-state index in [1.807, 2.05) is 0 Å². The SMILES string of the molecule is FNc1ccccc1Oc1nccnc1Cl. The number of ether oxygens (including phenoxy) is 1. The zero-order valence-electron chi connectivity index (χ0n) is 8.02.